The van der Waals surface area contributed by atoms with Gasteiger partial charge in [-0.05, 0) is 36.6 Å². The average Bonchev–Trinajstić information content (AvgIpc) is 3.29. The number of hydrogen-bond donors (Lipinski definition) is 5. The first-order valence-corrected chi connectivity index (χ1v) is 9.46. The van der Waals surface area contributed by atoms with E-state index in [9.17, 15) is 19.4 Å². The number of rotatable bonds is 5. The van der Waals surface area contributed by atoms with Crippen LogP contribution < -0.4 is 11.1 Å². The van der Waals surface area contributed by atoms with Crippen molar-refractivity contribution >= 4 is 28.4 Å². The van der Waals surface area contributed by atoms with Crippen LogP contribution in [0.25, 0.3) is 11.0 Å². The van der Waals surface area contributed by atoms with Crippen molar-refractivity contribution in [3.05, 3.63) is 41.6 Å². The van der Waals surface area contributed by atoms with Gasteiger partial charge in [0.25, 0.3) is 5.91 Å². The maximum absolute atomic E-state index is 13.5. The zero-order valence-corrected chi connectivity index (χ0v) is 16.2. The summed E-state index contributed by atoms with van der Waals surface area (Å²) in [6.45, 7) is 0.0841. The first kappa shape index (κ1) is 20.0. The molecular formula is C19H22FN7O3. The Balaban J connectivity index is 1.62. The van der Waals surface area contributed by atoms with Gasteiger partial charge in [-0.1, -0.05) is 0 Å². The minimum atomic E-state index is -0.945. The number of benzene rings is 1. The fourth-order valence-electron chi connectivity index (χ4n) is 3.64. The molecular weight excluding hydrogens is 393 g/mol. The summed E-state index contributed by atoms with van der Waals surface area (Å²) in [4.78, 5) is 22.7. The van der Waals surface area contributed by atoms with Gasteiger partial charge >= 0.3 is 0 Å². The van der Waals surface area contributed by atoms with Crippen molar-refractivity contribution in [2.75, 3.05) is 18.1 Å². The molecule has 0 aliphatic heterocycles. The minimum Gasteiger partial charge on any atom is -0.398 e. The normalized spacial score (nSPS) is 21.1. The van der Waals surface area contributed by atoms with Crippen LogP contribution in [0.1, 0.15) is 28.9 Å². The fraction of sp³-hybridized carbons (Fsp3) is 0.368. The van der Waals surface area contributed by atoms with Crippen molar-refractivity contribution in [2.45, 2.75) is 37.6 Å². The molecule has 2 aromatic heterocycles. The summed E-state index contributed by atoms with van der Waals surface area (Å²) >= 11 is 0. The molecule has 0 saturated heterocycles. The number of nitrogen functional groups attached to an aromatic ring is 1. The van der Waals surface area contributed by atoms with Crippen molar-refractivity contribution in [3.63, 3.8) is 0 Å². The monoisotopic (exact) mass is 415 g/mol. The van der Waals surface area contributed by atoms with E-state index < -0.39 is 30.0 Å². The molecule has 1 amide bonds. The lowest BCUT2D eigenvalue weighted by molar-refractivity contribution is 0.0392. The van der Waals surface area contributed by atoms with Crippen molar-refractivity contribution in [1.82, 2.24) is 25.1 Å². The highest BCUT2D eigenvalue weighted by Crippen LogP contribution is 2.28. The van der Waals surface area contributed by atoms with Gasteiger partial charge in [0.05, 0.1) is 23.6 Å². The quantitative estimate of drug-likeness (QED) is 0.381. The molecule has 158 valence electrons. The SMILES string of the molecule is CN(Cc1cc(F)ccc1N)C(=O)c1n[nH]c2ncnc(N[C@@H]3CC[C@@H](O)[C@H]3O)c12. The Morgan fingerprint density at radius 1 is 1.37 bits per heavy atom. The van der Waals surface area contributed by atoms with Crippen molar-refractivity contribution in [2.24, 2.45) is 0 Å². The Kier molecular flexibility index (Phi) is 5.22. The number of fused-ring (bicyclic) bond motifs is 1. The van der Waals surface area contributed by atoms with Gasteiger partial charge in [-0.2, -0.15) is 5.10 Å². The molecule has 1 saturated carbocycles. The van der Waals surface area contributed by atoms with E-state index in [4.69, 9.17) is 5.73 Å². The Morgan fingerprint density at radius 3 is 2.90 bits per heavy atom. The summed E-state index contributed by atoms with van der Waals surface area (Å²) in [7, 11) is 1.56. The number of nitrogens with two attached hydrogens (primary N) is 1. The molecule has 0 bridgehead atoms. The third-order valence-electron chi connectivity index (χ3n) is 5.32. The molecule has 11 heteroatoms. The molecule has 6 N–H and O–H groups in total. The second-order valence-electron chi connectivity index (χ2n) is 7.41. The van der Waals surface area contributed by atoms with Crippen LogP contribution in [0.3, 0.4) is 0 Å². The van der Waals surface area contributed by atoms with Gasteiger partial charge in [-0.3, -0.25) is 9.89 Å². The van der Waals surface area contributed by atoms with Crippen LogP contribution in [-0.4, -0.2) is 66.5 Å². The highest BCUT2D eigenvalue weighted by atomic mass is 19.1. The molecule has 4 rings (SSSR count). The highest BCUT2D eigenvalue weighted by molar-refractivity contribution is 6.07. The first-order chi connectivity index (χ1) is 14.3. The largest absolute Gasteiger partial charge is 0.398 e. The van der Waals surface area contributed by atoms with Gasteiger partial charge in [0, 0.05) is 19.3 Å². The molecule has 3 atom stereocenters. The van der Waals surface area contributed by atoms with E-state index in [0.29, 0.717) is 40.9 Å². The summed E-state index contributed by atoms with van der Waals surface area (Å²) in [5.74, 6) is -0.550. The van der Waals surface area contributed by atoms with E-state index in [1.165, 1.54) is 29.4 Å². The lowest BCUT2D eigenvalue weighted by Gasteiger charge is -2.20. The van der Waals surface area contributed by atoms with E-state index in [1.54, 1.807) is 7.05 Å². The van der Waals surface area contributed by atoms with Crippen LogP contribution >= 0.6 is 0 Å². The average molecular weight is 415 g/mol. The molecule has 30 heavy (non-hydrogen) atoms. The van der Waals surface area contributed by atoms with Crippen molar-refractivity contribution in [3.8, 4) is 0 Å². The summed E-state index contributed by atoms with van der Waals surface area (Å²) in [5.41, 5.74) is 7.17. The number of aromatic amines is 1. The zero-order valence-electron chi connectivity index (χ0n) is 16.2. The molecule has 3 aromatic rings. The second-order valence-corrected chi connectivity index (χ2v) is 7.41. The number of carbonyl (C=O) groups excluding carboxylic acids is 1. The lowest BCUT2D eigenvalue weighted by Crippen LogP contribution is -2.34. The Bertz CT molecular complexity index is 1090. The number of nitrogens with zero attached hydrogens (tertiary/aromatic N) is 4. The van der Waals surface area contributed by atoms with Crippen LogP contribution in [0.2, 0.25) is 0 Å². The zero-order chi connectivity index (χ0) is 21.4. The molecule has 1 fully saturated rings. The van der Waals surface area contributed by atoms with Gasteiger partial charge in [-0.15, -0.1) is 0 Å². The van der Waals surface area contributed by atoms with E-state index in [2.05, 4.69) is 25.5 Å². The molecule has 1 aliphatic rings. The number of nitrogens with one attached hydrogen (secondary N) is 2. The molecule has 0 unspecified atom stereocenters. The van der Waals surface area contributed by atoms with Gasteiger partial charge in [0.1, 0.15) is 18.0 Å². The molecule has 1 aliphatic carbocycles. The fourth-order valence-corrected chi connectivity index (χ4v) is 3.64. The third kappa shape index (κ3) is 3.64. The van der Waals surface area contributed by atoms with Crippen LogP contribution in [0.5, 0.6) is 0 Å². The van der Waals surface area contributed by atoms with Gasteiger partial charge in [0.15, 0.2) is 11.3 Å². The number of carbonyl (C=O) groups is 1. The smallest absolute Gasteiger partial charge is 0.275 e. The summed E-state index contributed by atoms with van der Waals surface area (Å²) in [6, 6.07) is 3.57. The van der Waals surface area contributed by atoms with E-state index in [0.717, 1.165) is 0 Å². The van der Waals surface area contributed by atoms with E-state index >= 15 is 0 Å². The van der Waals surface area contributed by atoms with Crippen LogP contribution in [0.15, 0.2) is 24.5 Å². The van der Waals surface area contributed by atoms with Gasteiger partial charge in [0.2, 0.25) is 0 Å². The van der Waals surface area contributed by atoms with Crippen LogP contribution in [0.4, 0.5) is 15.9 Å². The summed E-state index contributed by atoms with van der Waals surface area (Å²) in [5, 5.41) is 30.2. The number of aliphatic hydroxyl groups is 2. The molecule has 10 nitrogen and oxygen atoms in total. The van der Waals surface area contributed by atoms with Crippen LogP contribution in [0, 0.1) is 5.82 Å². The number of H-pyrrole nitrogens is 1. The van der Waals surface area contributed by atoms with Gasteiger partial charge < -0.3 is 26.2 Å². The summed E-state index contributed by atoms with van der Waals surface area (Å²) < 4.78 is 13.5. The van der Waals surface area contributed by atoms with Crippen molar-refractivity contribution < 1.29 is 19.4 Å². The molecule has 2 heterocycles. The minimum absolute atomic E-state index is 0.0820. The first-order valence-electron chi connectivity index (χ1n) is 9.46. The predicted molar refractivity (Wildman–Crippen MR) is 107 cm³/mol. The molecule has 1 aromatic carbocycles. The maximum Gasteiger partial charge on any atom is 0.275 e. The number of anilines is 2. The molecule has 0 spiro atoms. The number of amides is 1. The Morgan fingerprint density at radius 2 is 2.17 bits per heavy atom. The second kappa shape index (κ2) is 7.84. The molecule has 0 radical (unpaired) electrons. The van der Waals surface area contributed by atoms with Crippen molar-refractivity contribution in [1.29, 1.82) is 0 Å². The van der Waals surface area contributed by atoms with Crippen LogP contribution in [-0.2, 0) is 6.54 Å². The maximum atomic E-state index is 13.5. The van der Waals surface area contributed by atoms with Gasteiger partial charge in [-0.25, -0.2) is 14.4 Å². The standard InChI is InChI=1S/C19H22FN7O3/c1-27(7-9-6-10(20)2-3-11(9)21)19(30)15-14-17(22-8-23-18(14)26-25-15)24-12-4-5-13(28)16(12)29/h2-3,6,8,12-13,16,28-29H,4-5,7,21H2,1H3,(H2,22,23,24,25,26)/t12-,13-,16+/m1/s1. The Hall–Kier alpha value is -3.31. The lowest BCUT2D eigenvalue weighted by atomic mass is 10.1. The summed E-state index contributed by atoms with van der Waals surface area (Å²) in [6.07, 6.45) is 0.565. The number of hydrogen-bond acceptors (Lipinski definition) is 8. The predicted octanol–water partition coefficient (Wildman–Crippen LogP) is 0.643. The number of aliphatic hydroxyl groups excluding tert-OH is 2. The third-order valence-corrected chi connectivity index (χ3v) is 5.32. The van der Waals surface area contributed by atoms with E-state index in [1.807, 2.05) is 0 Å². The Labute approximate surface area is 170 Å². The number of halogens is 1. The topological polar surface area (TPSA) is 153 Å². The number of aromatic nitrogens is 4. The highest BCUT2D eigenvalue weighted by Gasteiger charge is 2.34. The van der Waals surface area contributed by atoms with E-state index in [-0.39, 0.29) is 12.2 Å².